The molecular weight excluding hydrogens is 159 g/mol. The van der Waals surface area contributed by atoms with Crippen LogP contribution in [0.15, 0.2) is 24.3 Å². The molecule has 0 saturated heterocycles. The van der Waals surface area contributed by atoms with Crippen molar-refractivity contribution in [2.45, 2.75) is 6.29 Å². The quantitative estimate of drug-likeness (QED) is 0.315. The Morgan fingerprint density at radius 1 is 1.00 bits per heavy atom. The van der Waals surface area contributed by atoms with E-state index in [1.54, 1.807) is 0 Å². The lowest BCUT2D eigenvalue weighted by molar-refractivity contribution is -0.0424. The minimum Gasteiger partial charge on any atom is -0.423 e. The minimum absolute atomic E-state index is 0.319. The summed E-state index contributed by atoms with van der Waals surface area (Å²) in [6.45, 7) is 0. The second-order valence-electron chi connectivity index (χ2n) is 2.41. The van der Waals surface area contributed by atoms with Gasteiger partial charge in [0.2, 0.25) is 0 Å². The molecule has 0 aliphatic heterocycles. The van der Waals surface area contributed by atoms with Gasteiger partial charge in [-0.3, -0.25) is 0 Å². The maximum Gasteiger partial charge on any atom is 0.488 e. The second kappa shape index (κ2) is 3.69. The summed E-state index contributed by atoms with van der Waals surface area (Å²) < 4.78 is 0. The third-order valence-electron chi connectivity index (χ3n) is 1.53. The predicted octanol–water partition coefficient (Wildman–Crippen LogP) is -1.65. The van der Waals surface area contributed by atoms with E-state index in [4.69, 9.17) is 20.3 Å². The highest BCUT2D eigenvalue weighted by Gasteiger charge is 2.10. The Morgan fingerprint density at radius 2 is 1.50 bits per heavy atom. The standard InChI is InChI=1S/C7H9BO4/c9-7(10)5-1-3-6(4-2-5)8(11)12/h1-4,7,9-12H. The van der Waals surface area contributed by atoms with Gasteiger partial charge in [0, 0.05) is 5.56 Å². The van der Waals surface area contributed by atoms with Crippen LogP contribution in [0.2, 0.25) is 0 Å². The monoisotopic (exact) mass is 168 g/mol. The number of aliphatic hydroxyl groups excluding tert-OH is 1. The zero-order chi connectivity index (χ0) is 9.14. The maximum atomic E-state index is 8.68. The number of hydrogen-bond acceptors (Lipinski definition) is 4. The fourth-order valence-corrected chi connectivity index (χ4v) is 0.840. The summed E-state index contributed by atoms with van der Waals surface area (Å²) in [4.78, 5) is 0. The lowest BCUT2D eigenvalue weighted by atomic mass is 9.80. The molecule has 64 valence electrons. The molecule has 12 heavy (non-hydrogen) atoms. The predicted molar refractivity (Wildman–Crippen MR) is 43.4 cm³/mol. The van der Waals surface area contributed by atoms with Crippen molar-refractivity contribution in [2.75, 3.05) is 0 Å². The molecule has 0 aromatic heterocycles. The molecule has 0 bridgehead atoms. The van der Waals surface area contributed by atoms with Crippen LogP contribution in [-0.4, -0.2) is 27.4 Å². The Morgan fingerprint density at radius 3 is 1.83 bits per heavy atom. The Kier molecular flexibility index (Phi) is 2.83. The van der Waals surface area contributed by atoms with Crippen LogP contribution in [0.5, 0.6) is 0 Å². The topological polar surface area (TPSA) is 80.9 Å². The lowest BCUT2D eigenvalue weighted by Crippen LogP contribution is -2.29. The van der Waals surface area contributed by atoms with Crippen LogP contribution in [0.4, 0.5) is 0 Å². The molecular formula is C7H9BO4. The van der Waals surface area contributed by atoms with Crippen molar-refractivity contribution in [1.29, 1.82) is 0 Å². The minimum atomic E-state index is -1.52. The Labute approximate surface area is 69.9 Å². The first-order valence-electron chi connectivity index (χ1n) is 3.43. The fourth-order valence-electron chi connectivity index (χ4n) is 0.840. The highest BCUT2D eigenvalue weighted by atomic mass is 16.5. The van der Waals surface area contributed by atoms with Crippen LogP contribution in [-0.2, 0) is 0 Å². The molecule has 1 rings (SSSR count). The van der Waals surface area contributed by atoms with Crippen LogP contribution in [0.1, 0.15) is 11.9 Å². The van der Waals surface area contributed by atoms with E-state index in [1.807, 2.05) is 0 Å². The molecule has 0 heterocycles. The van der Waals surface area contributed by atoms with Gasteiger partial charge < -0.3 is 20.3 Å². The van der Waals surface area contributed by atoms with Crippen molar-refractivity contribution in [2.24, 2.45) is 0 Å². The van der Waals surface area contributed by atoms with Crippen molar-refractivity contribution in [3.63, 3.8) is 0 Å². The van der Waals surface area contributed by atoms with Gasteiger partial charge in [-0.15, -0.1) is 0 Å². The smallest absolute Gasteiger partial charge is 0.423 e. The number of rotatable bonds is 2. The summed E-state index contributed by atoms with van der Waals surface area (Å²) in [5, 5.41) is 34.7. The maximum absolute atomic E-state index is 8.68. The normalized spacial score (nSPS) is 10.4. The van der Waals surface area contributed by atoms with Crippen LogP contribution >= 0.6 is 0 Å². The van der Waals surface area contributed by atoms with Crippen molar-refractivity contribution < 1.29 is 20.3 Å². The first kappa shape index (κ1) is 9.21. The van der Waals surface area contributed by atoms with Gasteiger partial charge in [-0.1, -0.05) is 24.3 Å². The van der Waals surface area contributed by atoms with E-state index in [0.717, 1.165) is 0 Å². The van der Waals surface area contributed by atoms with Crippen LogP contribution in [0, 0.1) is 0 Å². The van der Waals surface area contributed by atoms with Gasteiger partial charge in [-0.05, 0) is 5.46 Å². The van der Waals surface area contributed by atoms with E-state index >= 15 is 0 Å². The summed E-state index contributed by atoms with van der Waals surface area (Å²) in [7, 11) is -1.52. The molecule has 1 aromatic carbocycles. The van der Waals surface area contributed by atoms with Crippen LogP contribution in [0.3, 0.4) is 0 Å². The van der Waals surface area contributed by atoms with Gasteiger partial charge in [0.1, 0.15) is 0 Å². The molecule has 4 N–H and O–H groups in total. The van der Waals surface area contributed by atoms with Crippen LogP contribution < -0.4 is 5.46 Å². The Bertz CT molecular complexity index is 217. The molecule has 0 unspecified atom stereocenters. The molecule has 4 nitrogen and oxygen atoms in total. The summed E-state index contributed by atoms with van der Waals surface area (Å²) in [5.41, 5.74) is 0.638. The van der Waals surface area contributed by atoms with Gasteiger partial charge in [0.05, 0.1) is 0 Å². The largest absolute Gasteiger partial charge is 0.488 e. The van der Waals surface area contributed by atoms with Crippen molar-refractivity contribution in [3.05, 3.63) is 29.8 Å². The van der Waals surface area contributed by atoms with Gasteiger partial charge in [0.15, 0.2) is 6.29 Å². The highest BCUT2D eigenvalue weighted by Crippen LogP contribution is 2.06. The van der Waals surface area contributed by atoms with Crippen molar-refractivity contribution in [3.8, 4) is 0 Å². The first-order valence-corrected chi connectivity index (χ1v) is 3.43. The third kappa shape index (κ3) is 2.05. The number of aliphatic hydroxyl groups is 2. The number of benzene rings is 1. The van der Waals surface area contributed by atoms with E-state index < -0.39 is 13.4 Å². The van der Waals surface area contributed by atoms with E-state index in [9.17, 15) is 0 Å². The molecule has 0 radical (unpaired) electrons. The Balaban J connectivity index is 2.86. The van der Waals surface area contributed by atoms with Gasteiger partial charge >= 0.3 is 7.12 Å². The molecule has 0 aliphatic rings. The third-order valence-corrected chi connectivity index (χ3v) is 1.53. The van der Waals surface area contributed by atoms with E-state index in [0.29, 0.717) is 11.0 Å². The van der Waals surface area contributed by atoms with Crippen molar-refractivity contribution >= 4 is 12.6 Å². The van der Waals surface area contributed by atoms with Crippen molar-refractivity contribution in [1.82, 2.24) is 0 Å². The summed E-state index contributed by atoms with van der Waals surface area (Å²) in [6, 6.07) is 5.66. The first-order chi connectivity index (χ1) is 5.61. The van der Waals surface area contributed by atoms with Crippen LogP contribution in [0.25, 0.3) is 0 Å². The Hall–Kier alpha value is -0.875. The fraction of sp³-hybridized carbons (Fsp3) is 0.143. The molecule has 0 spiro atoms. The second-order valence-corrected chi connectivity index (χ2v) is 2.41. The average molecular weight is 168 g/mol. The SMILES string of the molecule is OB(O)c1ccc(C(O)O)cc1. The molecule has 5 heteroatoms. The average Bonchev–Trinajstić information content (AvgIpc) is 2.04. The van der Waals surface area contributed by atoms with Gasteiger partial charge in [0.25, 0.3) is 0 Å². The van der Waals surface area contributed by atoms with Gasteiger partial charge in [-0.2, -0.15) is 0 Å². The van der Waals surface area contributed by atoms with E-state index in [1.165, 1.54) is 24.3 Å². The molecule has 1 aromatic rings. The zero-order valence-electron chi connectivity index (χ0n) is 6.25. The summed E-state index contributed by atoms with van der Waals surface area (Å²) >= 11 is 0. The molecule has 0 atom stereocenters. The molecule has 0 amide bonds. The summed E-state index contributed by atoms with van der Waals surface area (Å²) in [5.74, 6) is 0. The molecule has 0 saturated carbocycles. The van der Waals surface area contributed by atoms with E-state index in [2.05, 4.69) is 0 Å². The molecule has 0 aliphatic carbocycles. The molecule has 0 fully saturated rings. The lowest BCUT2D eigenvalue weighted by Gasteiger charge is -2.04. The van der Waals surface area contributed by atoms with E-state index in [-0.39, 0.29) is 0 Å². The summed E-state index contributed by atoms with van der Waals surface area (Å²) in [6.07, 6.45) is -1.52. The number of hydrogen-bond donors (Lipinski definition) is 4. The van der Waals surface area contributed by atoms with Gasteiger partial charge in [-0.25, -0.2) is 0 Å². The zero-order valence-corrected chi connectivity index (χ0v) is 6.25. The highest BCUT2D eigenvalue weighted by molar-refractivity contribution is 6.58.